The first-order chi connectivity index (χ1) is 5.66. The molecule has 0 saturated carbocycles. The Bertz CT molecular complexity index is 336. The van der Waals surface area contributed by atoms with Crippen LogP contribution in [0, 0.1) is 16.2 Å². The lowest BCUT2D eigenvalue weighted by Crippen LogP contribution is -1.92. The number of rotatable bonds is 2. The van der Waals surface area contributed by atoms with Crippen molar-refractivity contribution in [3.63, 3.8) is 0 Å². The molecular weight excluding hydrogens is 178 g/mol. The second-order valence-electron chi connectivity index (χ2n) is 2.07. The number of nitro benzene ring substituents is 1. The van der Waals surface area contributed by atoms with Gasteiger partial charge >= 0.3 is 0 Å². The van der Waals surface area contributed by atoms with Crippen LogP contribution in [0.5, 0.6) is 0 Å². The Morgan fingerprint density at radius 1 is 1.58 bits per heavy atom. The fourth-order valence-electron chi connectivity index (χ4n) is 0.844. The molecule has 61 valence electrons. The predicted molar refractivity (Wildman–Crippen MR) is 46.1 cm³/mol. The van der Waals surface area contributed by atoms with Gasteiger partial charge in [-0.05, 0) is 18.2 Å². The van der Waals surface area contributed by atoms with E-state index in [2.05, 4.69) is 12.7 Å². The van der Waals surface area contributed by atoms with Crippen LogP contribution in [0.2, 0.25) is 5.02 Å². The molecule has 0 aliphatic carbocycles. The van der Waals surface area contributed by atoms with Gasteiger partial charge in [0.15, 0.2) is 0 Å². The lowest BCUT2D eigenvalue weighted by atomic mass is 10.2. The molecule has 1 aromatic carbocycles. The summed E-state index contributed by atoms with van der Waals surface area (Å²) in [7, 11) is 0. The quantitative estimate of drug-likeness (QED) is 0.521. The molecule has 0 saturated heterocycles. The number of nitrogens with zero attached hydrogens (tertiary/aromatic N) is 1. The molecule has 12 heavy (non-hydrogen) atoms. The Morgan fingerprint density at radius 2 is 2.25 bits per heavy atom. The van der Waals surface area contributed by atoms with Crippen molar-refractivity contribution in [2.75, 3.05) is 0 Å². The van der Waals surface area contributed by atoms with Crippen LogP contribution in [0.1, 0.15) is 5.56 Å². The van der Waals surface area contributed by atoms with Crippen molar-refractivity contribution < 1.29 is 4.92 Å². The van der Waals surface area contributed by atoms with Gasteiger partial charge in [0.25, 0.3) is 5.69 Å². The van der Waals surface area contributed by atoms with Crippen LogP contribution in [0.4, 0.5) is 5.69 Å². The number of hydrogen-bond donors (Lipinski definition) is 0. The van der Waals surface area contributed by atoms with Crippen LogP contribution in [0.25, 0.3) is 0 Å². The molecule has 0 amide bonds. The van der Waals surface area contributed by atoms with Gasteiger partial charge in [0, 0.05) is 0 Å². The molecule has 0 atom stereocenters. The van der Waals surface area contributed by atoms with Crippen LogP contribution >= 0.6 is 11.6 Å². The van der Waals surface area contributed by atoms with E-state index in [0.29, 0.717) is 5.56 Å². The molecule has 0 aromatic heterocycles. The van der Waals surface area contributed by atoms with Crippen molar-refractivity contribution in [2.24, 2.45) is 0 Å². The minimum Gasteiger partial charge on any atom is -0.258 e. The molecule has 1 radical (unpaired) electrons. The van der Waals surface area contributed by atoms with Gasteiger partial charge in [0.05, 0.1) is 10.5 Å². The lowest BCUT2D eigenvalue weighted by molar-refractivity contribution is -0.385. The average molecular weight is 183 g/mol. The number of para-hydroxylation sites is 1. The molecule has 1 rings (SSSR count). The lowest BCUT2D eigenvalue weighted by Gasteiger charge is -1.97. The molecule has 0 fully saturated rings. The second-order valence-corrected chi connectivity index (χ2v) is 2.48. The van der Waals surface area contributed by atoms with Gasteiger partial charge in [-0.2, -0.15) is 0 Å². The molecule has 3 nitrogen and oxygen atoms in total. The Hall–Kier alpha value is -1.35. The second kappa shape index (κ2) is 3.36. The standard InChI is InChI=1S/C8H5ClNO2/c1-2-6-4-3-5-7(9)8(6)10(11)12/h3-5H,1H2. The summed E-state index contributed by atoms with van der Waals surface area (Å²) < 4.78 is 0. The van der Waals surface area contributed by atoms with Crippen molar-refractivity contribution in [1.82, 2.24) is 0 Å². The molecule has 0 spiro atoms. The Balaban J connectivity index is 3.39. The SMILES string of the molecule is C=[C]c1cccc(Cl)c1[N+](=O)[O-]. The molecule has 0 N–H and O–H groups in total. The van der Waals surface area contributed by atoms with E-state index in [1.807, 2.05) is 0 Å². The zero-order chi connectivity index (χ0) is 9.14. The van der Waals surface area contributed by atoms with Gasteiger partial charge < -0.3 is 0 Å². The zero-order valence-corrected chi connectivity index (χ0v) is 6.84. The van der Waals surface area contributed by atoms with Gasteiger partial charge in [0.1, 0.15) is 5.02 Å². The molecule has 0 heterocycles. The highest BCUT2D eigenvalue weighted by molar-refractivity contribution is 6.32. The molecule has 1 aromatic rings. The maximum Gasteiger partial charge on any atom is 0.295 e. The third kappa shape index (κ3) is 1.46. The predicted octanol–water partition coefficient (Wildman–Crippen LogP) is 2.59. The summed E-state index contributed by atoms with van der Waals surface area (Å²) in [6.45, 7) is 3.33. The summed E-state index contributed by atoms with van der Waals surface area (Å²) in [6.07, 6.45) is 2.44. The molecule has 4 heteroatoms. The highest BCUT2D eigenvalue weighted by Gasteiger charge is 2.15. The van der Waals surface area contributed by atoms with Crippen LogP contribution < -0.4 is 0 Å². The molecule has 0 unspecified atom stereocenters. The first-order valence-electron chi connectivity index (χ1n) is 3.13. The smallest absolute Gasteiger partial charge is 0.258 e. The van der Waals surface area contributed by atoms with Crippen LogP contribution in [-0.4, -0.2) is 4.92 Å². The molecule has 0 aliphatic rings. The Morgan fingerprint density at radius 3 is 2.67 bits per heavy atom. The fourth-order valence-corrected chi connectivity index (χ4v) is 1.09. The van der Waals surface area contributed by atoms with Gasteiger partial charge in [-0.25, -0.2) is 0 Å². The van der Waals surface area contributed by atoms with Gasteiger partial charge in [0.2, 0.25) is 0 Å². The molecule has 0 aliphatic heterocycles. The maximum atomic E-state index is 10.5. The van der Waals surface area contributed by atoms with Gasteiger partial charge in [-0.3, -0.25) is 10.1 Å². The number of hydrogen-bond acceptors (Lipinski definition) is 2. The summed E-state index contributed by atoms with van der Waals surface area (Å²) in [6, 6.07) is 4.61. The summed E-state index contributed by atoms with van der Waals surface area (Å²) in [4.78, 5) is 9.91. The van der Waals surface area contributed by atoms with Crippen molar-refractivity contribution in [2.45, 2.75) is 0 Å². The zero-order valence-electron chi connectivity index (χ0n) is 6.08. The summed E-state index contributed by atoms with van der Waals surface area (Å²) in [5.41, 5.74) is 0.168. The van der Waals surface area contributed by atoms with E-state index in [1.165, 1.54) is 12.1 Å². The highest BCUT2D eigenvalue weighted by atomic mass is 35.5. The molecular formula is C8H5ClNO2. The van der Waals surface area contributed by atoms with Gasteiger partial charge in [-0.15, -0.1) is 0 Å². The first kappa shape index (κ1) is 8.74. The number of nitro groups is 1. The van der Waals surface area contributed by atoms with Crippen LogP contribution in [0.15, 0.2) is 24.8 Å². The van der Waals surface area contributed by atoms with Crippen LogP contribution in [0.3, 0.4) is 0 Å². The van der Waals surface area contributed by atoms with E-state index in [0.717, 1.165) is 0 Å². The minimum absolute atomic E-state index is 0.105. The molecule has 0 bridgehead atoms. The third-order valence-corrected chi connectivity index (χ3v) is 1.66. The highest BCUT2D eigenvalue weighted by Crippen LogP contribution is 2.27. The minimum atomic E-state index is -0.546. The number of halogens is 1. The number of benzene rings is 1. The van der Waals surface area contributed by atoms with E-state index < -0.39 is 4.92 Å². The summed E-state index contributed by atoms with van der Waals surface area (Å²) in [5.74, 6) is 0. The normalized spacial score (nSPS) is 9.42. The van der Waals surface area contributed by atoms with Crippen molar-refractivity contribution in [3.05, 3.63) is 51.6 Å². The Kier molecular flexibility index (Phi) is 2.45. The Labute approximate surface area is 74.4 Å². The van der Waals surface area contributed by atoms with Gasteiger partial charge in [-0.1, -0.05) is 24.2 Å². The largest absolute Gasteiger partial charge is 0.295 e. The van der Waals surface area contributed by atoms with Crippen molar-refractivity contribution in [1.29, 1.82) is 0 Å². The van der Waals surface area contributed by atoms with E-state index >= 15 is 0 Å². The third-order valence-electron chi connectivity index (χ3n) is 1.36. The van der Waals surface area contributed by atoms with Crippen molar-refractivity contribution in [3.8, 4) is 0 Å². The van der Waals surface area contributed by atoms with E-state index in [1.54, 1.807) is 6.07 Å². The monoisotopic (exact) mass is 182 g/mol. The first-order valence-corrected chi connectivity index (χ1v) is 3.50. The van der Waals surface area contributed by atoms with E-state index in [9.17, 15) is 10.1 Å². The van der Waals surface area contributed by atoms with Crippen LogP contribution in [-0.2, 0) is 0 Å². The van der Waals surface area contributed by atoms with E-state index in [-0.39, 0.29) is 10.7 Å². The fraction of sp³-hybridized carbons (Fsp3) is 0. The topological polar surface area (TPSA) is 43.1 Å². The maximum absolute atomic E-state index is 10.5. The average Bonchev–Trinajstić information content (AvgIpc) is 2.03. The summed E-state index contributed by atoms with van der Waals surface area (Å²) >= 11 is 5.59. The summed E-state index contributed by atoms with van der Waals surface area (Å²) in [5, 5.41) is 10.6. The van der Waals surface area contributed by atoms with E-state index in [4.69, 9.17) is 11.6 Å². The van der Waals surface area contributed by atoms with Crippen molar-refractivity contribution >= 4 is 17.3 Å².